The van der Waals surface area contributed by atoms with E-state index in [2.05, 4.69) is 9.72 Å². The second-order valence-corrected chi connectivity index (χ2v) is 5.15. The van der Waals surface area contributed by atoms with Crippen LogP contribution in [0.2, 0.25) is 0 Å². The Morgan fingerprint density at radius 2 is 2.10 bits per heavy atom. The summed E-state index contributed by atoms with van der Waals surface area (Å²) in [7, 11) is 1.25. The van der Waals surface area contributed by atoms with Crippen molar-refractivity contribution >= 4 is 17.5 Å². The number of anilines is 1. The summed E-state index contributed by atoms with van der Waals surface area (Å²) in [5.74, 6) is -0.398. The highest BCUT2D eigenvalue weighted by molar-refractivity contribution is 5.88. The molecule has 2 bridgehead atoms. The van der Waals surface area contributed by atoms with Crippen molar-refractivity contribution in [2.45, 2.75) is 25.0 Å². The first-order chi connectivity index (χ1) is 10.1. The maximum absolute atomic E-state index is 11.6. The average molecular weight is 293 g/mol. The van der Waals surface area contributed by atoms with Crippen molar-refractivity contribution in [3.05, 3.63) is 27.9 Å². The molecule has 0 spiro atoms. The molecule has 2 saturated heterocycles. The van der Waals surface area contributed by atoms with Crippen LogP contribution in [-0.4, -0.2) is 48.3 Å². The molecule has 0 aliphatic carbocycles. The lowest BCUT2D eigenvalue weighted by Crippen LogP contribution is -2.43. The molecule has 3 rings (SSSR count). The SMILES string of the molecule is COC(=O)c1ccc([N+](=O)[O-])c(N2CC3CCC(C2)O3)n1. The number of nitro groups is 1. The number of nitrogens with zero attached hydrogens (tertiary/aromatic N) is 3. The number of carbonyl (C=O) groups is 1. The van der Waals surface area contributed by atoms with E-state index < -0.39 is 10.9 Å². The molecule has 112 valence electrons. The standard InChI is InChI=1S/C13H15N3O5/c1-20-13(17)10-4-5-11(16(18)19)12(14-10)15-6-8-2-3-9(7-15)21-8/h4-5,8-9H,2-3,6-7H2,1H3. The van der Waals surface area contributed by atoms with E-state index >= 15 is 0 Å². The van der Waals surface area contributed by atoms with Crippen LogP contribution in [0.15, 0.2) is 12.1 Å². The van der Waals surface area contributed by atoms with E-state index in [1.807, 2.05) is 4.90 Å². The van der Waals surface area contributed by atoms with E-state index in [0.717, 1.165) is 12.8 Å². The minimum Gasteiger partial charge on any atom is -0.464 e. The summed E-state index contributed by atoms with van der Waals surface area (Å²) in [6.45, 7) is 1.10. The Labute approximate surface area is 120 Å². The van der Waals surface area contributed by atoms with Gasteiger partial charge in [-0.2, -0.15) is 0 Å². The summed E-state index contributed by atoms with van der Waals surface area (Å²) in [6.07, 6.45) is 2.05. The first-order valence-electron chi connectivity index (χ1n) is 6.72. The molecule has 21 heavy (non-hydrogen) atoms. The van der Waals surface area contributed by atoms with Gasteiger partial charge in [0.1, 0.15) is 0 Å². The molecular weight excluding hydrogens is 278 g/mol. The molecule has 1 aromatic heterocycles. The number of aromatic nitrogens is 1. The second kappa shape index (κ2) is 5.28. The van der Waals surface area contributed by atoms with Crippen molar-refractivity contribution < 1.29 is 19.2 Å². The van der Waals surface area contributed by atoms with Crippen LogP contribution in [-0.2, 0) is 9.47 Å². The van der Waals surface area contributed by atoms with E-state index in [0.29, 0.717) is 13.1 Å². The third-order valence-corrected chi connectivity index (χ3v) is 3.79. The van der Waals surface area contributed by atoms with Crippen LogP contribution in [0.5, 0.6) is 0 Å². The van der Waals surface area contributed by atoms with Gasteiger partial charge in [-0.1, -0.05) is 0 Å². The number of pyridine rings is 1. The highest BCUT2D eigenvalue weighted by atomic mass is 16.6. The van der Waals surface area contributed by atoms with E-state index in [1.165, 1.54) is 19.2 Å². The highest BCUT2D eigenvalue weighted by Gasteiger charge is 2.36. The quantitative estimate of drug-likeness (QED) is 0.468. The normalized spacial score (nSPS) is 24.0. The number of hydrogen-bond acceptors (Lipinski definition) is 7. The Kier molecular flexibility index (Phi) is 3.46. The van der Waals surface area contributed by atoms with Crippen molar-refractivity contribution in [3.63, 3.8) is 0 Å². The first kappa shape index (κ1) is 13.7. The third-order valence-electron chi connectivity index (χ3n) is 3.79. The lowest BCUT2D eigenvalue weighted by Gasteiger charge is -2.32. The fourth-order valence-corrected chi connectivity index (χ4v) is 2.82. The van der Waals surface area contributed by atoms with Crippen molar-refractivity contribution in [2.24, 2.45) is 0 Å². The van der Waals surface area contributed by atoms with Gasteiger partial charge < -0.3 is 14.4 Å². The van der Waals surface area contributed by atoms with Crippen LogP contribution in [0.3, 0.4) is 0 Å². The van der Waals surface area contributed by atoms with Crippen molar-refractivity contribution in [2.75, 3.05) is 25.1 Å². The number of ether oxygens (including phenoxy) is 2. The summed E-state index contributed by atoms with van der Waals surface area (Å²) in [4.78, 5) is 28.2. The van der Waals surface area contributed by atoms with Crippen LogP contribution in [0.4, 0.5) is 11.5 Å². The minimum absolute atomic E-state index is 0.0666. The summed E-state index contributed by atoms with van der Waals surface area (Å²) in [5, 5.41) is 11.2. The molecule has 2 atom stereocenters. The number of fused-ring (bicyclic) bond motifs is 2. The summed E-state index contributed by atoms with van der Waals surface area (Å²) in [6, 6.07) is 2.61. The van der Waals surface area contributed by atoms with Crippen molar-refractivity contribution in [1.29, 1.82) is 0 Å². The van der Waals surface area contributed by atoms with E-state index in [9.17, 15) is 14.9 Å². The number of hydrogen-bond donors (Lipinski definition) is 0. The molecule has 3 heterocycles. The second-order valence-electron chi connectivity index (χ2n) is 5.15. The Balaban J connectivity index is 1.97. The lowest BCUT2D eigenvalue weighted by molar-refractivity contribution is -0.384. The van der Waals surface area contributed by atoms with Gasteiger partial charge in [0.25, 0.3) is 0 Å². The fraction of sp³-hybridized carbons (Fsp3) is 0.538. The summed E-state index contributed by atoms with van der Waals surface area (Å²) in [5.41, 5.74) is -0.0408. The van der Waals surface area contributed by atoms with Gasteiger partial charge in [-0.05, 0) is 18.9 Å². The molecule has 2 fully saturated rings. The lowest BCUT2D eigenvalue weighted by atomic mass is 10.2. The van der Waals surface area contributed by atoms with Crippen LogP contribution in [0.25, 0.3) is 0 Å². The molecule has 1 aromatic rings. The first-order valence-corrected chi connectivity index (χ1v) is 6.72. The Bertz CT molecular complexity index is 579. The van der Waals surface area contributed by atoms with E-state index in [4.69, 9.17) is 4.74 Å². The van der Waals surface area contributed by atoms with E-state index in [1.54, 1.807) is 0 Å². The Hall–Kier alpha value is -2.22. The van der Waals surface area contributed by atoms with Gasteiger partial charge in [0.05, 0.1) is 24.2 Å². The maximum Gasteiger partial charge on any atom is 0.356 e. The molecule has 2 aliphatic rings. The summed E-state index contributed by atoms with van der Waals surface area (Å²) >= 11 is 0. The predicted molar refractivity (Wildman–Crippen MR) is 72.3 cm³/mol. The number of esters is 1. The highest BCUT2D eigenvalue weighted by Crippen LogP contribution is 2.33. The van der Waals surface area contributed by atoms with Gasteiger partial charge >= 0.3 is 11.7 Å². The van der Waals surface area contributed by atoms with Gasteiger partial charge in [0, 0.05) is 19.2 Å². The molecule has 0 aromatic carbocycles. The predicted octanol–water partition coefficient (Wildman–Crippen LogP) is 1.14. The van der Waals surface area contributed by atoms with Gasteiger partial charge in [-0.15, -0.1) is 0 Å². The Morgan fingerprint density at radius 1 is 1.43 bits per heavy atom. The third kappa shape index (κ3) is 2.54. The number of methoxy groups -OCH3 is 1. The van der Waals surface area contributed by atoms with Crippen molar-refractivity contribution in [1.82, 2.24) is 4.98 Å². The topological polar surface area (TPSA) is 94.8 Å². The van der Waals surface area contributed by atoms with Crippen LogP contribution < -0.4 is 4.90 Å². The number of rotatable bonds is 3. The number of carbonyl (C=O) groups excluding carboxylic acids is 1. The molecule has 2 unspecified atom stereocenters. The van der Waals surface area contributed by atoms with E-state index in [-0.39, 0.29) is 29.4 Å². The molecule has 8 heteroatoms. The smallest absolute Gasteiger partial charge is 0.356 e. The van der Waals surface area contributed by atoms with Gasteiger partial charge in [-0.25, -0.2) is 9.78 Å². The molecule has 0 radical (unpaired) electrons. The largest absolute Gasteiger partial charge is 0.464 e. The molecule has 2 aliphatic heterocycles. The molecule has 0 N–H and O–H groups in total. The zero-order valence-corrected chi connectivity index (χ0v) is 11.5. The molecule has 8 nitrogen and oxygen atoms in total. The van der Waals surface area contributed by atoms with Crippen molar-refractivity contribution in [3.8, 4) is 0 Å². The number of morpholine rings is 1. The zero-order chi connectivity index (χ0) is 15.0. The fourth-order valence-electron chi connectivity index (χ4n) is 2.82. The Morgan fingerprint density at radius 3 is 2.67 bits per heavy atom. The molecule has 0 amide bonds. The van der Waals surface area contributed by atoms with Crippen LogP contribution in [0, 0.1) is 10.1 Å². The molecular formula is C13H15N3O5. The van der Waals surface area contributed by atoms with Crippen LogP contribution in [0.1, 0.15) is 23.3 Å². The molecule has 0 saturated carbocycles. The minimum atomic E-state index is -0.609. The van der Waals surface area contributed by atoms with Crippen LogP contribution >= 0.6 is 0 Å². The maximum atomic E-state index is 11.6. The monoisotopic (exact) mass is 293 g/mol. The van der Waals surface area contributed by atoms with Gasteiger partial charge in [-0.3, -0.25) is 10.1 Å². The average Bonchev–Trinajstić information content (AvgIpc) is 2.84. The summed E-state index contributed by atoms with van der Waals surface area (Å²) < 4.78 is 10.3. The van der Waals surface area contributed by atoms with Gasteiger partial charge in [0.2, 0.25) is 5.82 Å². The zero-order valence-electron chi connectivity index (χ0n) is 11.5. The van der Waals surface area contributed by atoms with Gasteiger partial charge in [0.15, 0.2) is 5.69 Å².